The van der Waals surface area contributed by atoms with Gasteiger partial charge in [-0.05, 0) is 37.1 Å². The summed E-state index contributed by atoms with van der Waals surface area (Å²) in [6.07, 6.45) is 2.26. The summed E-state index contributed by atoms with van der Waals surface area (Å²) in [5.41, 5.74) is 0.656. The Labute approximate surface area is 94.0 Å². The van der Waals surface area contributed by atoms with Crippen LogP contribution in [0.2, 0.25) is 0 Å². The summed E-state index contributed by atoms with van der Waals surface area (Å²) in [5, 5.41) is 6.58. The minimum Gasteiger partial charge on any atom is -0.315 e. The van der Waals surface area contributed by atoms with Crippen molar-refractivity contribution in [2.75, 3.05) is 13.1 Å². The van der Waals surface area contributed by atoms with Crippen molar-refractivity contribution >= 4 is 0 Å². The van der Waals surface area contributed by atoms with Gasteiger partial charge in [-0.2, -0.15) is 0 Å². The smallest absolute Gasteiger partial charge is 0.126 e. The molecule has 2 nitrogen and oxygen atoms in total. The highest BCUT2D eigenvalue weighted by molar-refractivity contribution is 5.17. The molecule has 1 aliphatic heterocycles. The first-order chi connectivity index (χ1) is 7.74. The lowest BCUT2D eigenvalue weighted by Crippen LogP contribution is -2.42. The van der Waals surface area contributed by atoms with Crippen LogP contribution in [0.3, 0.4) is 0 Å². The van der Waals surface area contributed by atoms with Gasteiger partial charge >= 0.3 is 0 Å². The van der Waals surface area contributed by atoms with Gasteiger partial charge in [-0.25, -0.2) is 8.78 Å². The number of hydrogen-bond acceptors (Lipinski definition) is 2. The highest BCUT2D eigenvalue weighted by atomic mass is 19.1. The third-order valence-corrected chi connectivity index (χ3v) is 2.81. The highest BCUT2D eigenvalue weighted by Gasteiger charge is 2.12. The average Bonchev–Trinajstić information content (AvgIpc) is 2.27. The summed E-state index contributed by atoms with van der Waals surface area (Å²) in [7, 11) is 0. The fourth-order valence-electron chi connectivity index (χ4n) is 2.00. The van der Waals surface area contributed by atoms with Gasteiger partial charge in [0.15, 0.2) is 0 Å². The van der Waals surface area contributed by atoms with E-state index in [0.29, 0.717) is 18.2 Å². The second kappa shape index (κ2) is 5.37. The van der Waals surface area contributed by atoms with Crippen LogP contribution in [0.15, 0.2) is 18.2 Å². The molecule has 0 bridgehead atoms. The van der Waals surface area contributed by atoms with Crippen molar-refractivity contribution < 1.29 is 8.78 Å². The molecule has 1 heterocycles. The lowest BCUT2D eigenvalue weighted by Gasteiger charge is -2.23. The molecule has 1 fully saturated rings. The van der Waals surface area contributed by atoms with Crippen LogP contribution in [0.5, 0.6) is 0 Å². The molecule has 0 saturated carbocycles. The van der Waals surface area contributed by atoms with Gasteiger partial charge in [0, 0.05) is 25.2 Å². The molecule has 2 N–H and O–H groups in total. The van der Waals surface area contributed by atoms with Gasteiger partial charge in [-0.1, -0.05) is 0 Å². The second-order valence-corrected chi connectivity index (χ2v) is 4.20. The summed E-state index contributed by atoms with van der Waals surface area (Å²) >= 11 is 0. The van der Waals surface area contributed by atoms with Crippen molar-refractivity contribution in [2.24, 2.45) is 0 Å². The van der Waals surface area contributed by atoms with Crippen molar-refractivity contribution in [3.63, 3.8) is 0 Å². The molecule has 0 amide bonds. The Kier molecular flexibility index (Phi) is 3.85. The molecule has 1 aromatic rings. The van der Waals surface area contributed by atoms with Crippen LogP contribution in [0.1, 0.15) is 18.4 Å². The summed E-state index contributed by atoms with van der Waals surface area (Å²) in [4.78, 5) is 0. The van der Waals surface area contributed by atoms with Crippen LogP contribution < -0.4 is 10.6 Å². The quantitative estimate of drug-likeness (QED) is 0.821. The minimum atomic E-state index is -0.515. The molecular formula is C12H16F2N2. The van der Waals surface area contributed by atoms with Crippen molar-refractivity contribution in [3.05, 3.63) is 35.4 Å². The molecule has 0 spiro atoms. The zero-order chi connectivity index (χ0) is 11.4. The zero-order valence-electron chi connectivity index (χ0n) is 9.10. The molecule has 0 aliphatic carbocycles. The van der Waals surface area contributed by atoms with Crippen molar-refractivity contribution in [1.82, 2.24) is 10.6 Å². The molecule has 1 saturated heterocycles. The number of piperidine rings is 1. The Morgan fingerprint density at radius 3 is 2.62 bits per heavy atom. The van der Waals surface area contributed by atoms with Crippen molar-refractivity contribution in [2.45, 2.75) is 25.4 Å². The van der Waals surface area contributed by atoms with E-state index in [1.165, 1.54) is 12.1 Å². The van der Waals surface area contributed by atoms with Crippen LogP contribution >= 0.6 is 0 Å². The Balaban J connectivity index is 1.88. The number of nitrogens with one attached hydrogen (secondary N) is 2. The van der Waals surface area contributed by atoms with Crippen molar-refractivity contribution in [1.29, 1.82) is 0 Å². The van der Waals surface area contributed by atoms with E-state index in [1.54, 1.807) is 0 Å². The molecular weight excluding hydrogens is 210 g/mol. The first-order valence-electron chi connectivity index (χ1n) is 5.63. The lowest BCUT2D eigenvalue weighted by atomic mass is 10.1. The monoisotopic (exact) mass is 226 g/mol. The maximum absolute atomic E-state index is 12.9. The van der Waals surface area contributed by atoms with E-state index >= 15 is 0 Å². The Bertz CT molecular complexity index is 329. The third kappa shape index (κ3) is 3.25. The minimum absolute atomic E-state index is 0.403. The van der Waals surface area contributed by atoms with Gasteiger partial charge in [0.25, 0.3) is 0 Å². The lowest BCUT2D eigenvalue weighted by molar-refractivity contribution is 0.388. The standard InChI is InChI=1S/C12H16F2N2/c13-10-4-9(5-11(14)6-10)7-16-12-2-1-3-15-8-12/h4-6,12,15-16H,1-3,7-8H2. The molecule has 1 unspecified atom stereocenters. The van der Waals surface area contributed by atoms with Crippen LogP contribution in [-0.4, -0.2) is 19.1 Å². The Hall–Kier alpha value is -1.00. The molecule has 0 aromatic heterocycles. The number of rotatable bonds is 3. The fourth-order valence-corrected chi connectivity index (χ4v) is 2.00. The van der Waals surface area contributed by atoms with Gasteiger partial charge in [0.1, 0.15) is 11.6 Å². The van der Waals surface area contributed by atoms with E-state index in [4.69, 9.17) is 0 Å². The molecule has 0 radical (unpaired) electrons. The molecule has 88 valence electrons. The first kappa shape index (κ1) is 11.5. The Morgan fingerprint density at radius 1 is 1.25 bits per heavy atom. The summed E-state index contributed by atoms with van der Waals surface area (Å²) in [6, 6.07) is 4.03. The number of halogens is 2. The van der Waals surface area contributed by atoms with Gasteiger partial charge in [-0.15, -0.1) is 0 Å². The van der Waals surface area contributed by atoms with E-state index in [-0.39, 0.29) is 0 Å². The van der Waals surface area contributed by atoms with Crippen LogP contribution in [0, 0.1) is 11.6 Å². The van der Waals surface area contributed by atoms with E-state index in [9.17, 15) is 8.78 Å². The second-order valence-electron chi connectivity index (χ2n) is 4.20. The van der Waals surface area contributed by atoms with Crippen molar-refractivity contribution in [3.8, 4) is 0 Å². The maximum Gasteiger partial charge on any atom is 0.126 e. The van der Waals surface area contributed by atoms with E-state index in [0.717, 1.165) is 32.0 Å². The predicted molar refractivity (Wildman–Crippen MR) is 59.1 cm³/mol. The third-order valence-electron chi connectivity index (χ3n) is 2.81. The molecule has 2 rings (SSSR count). The van der Waals surface area contributed by atoms with E-state index in [2.05, 4.69) is 10.6 Å². The first-order valence-corrected chi connectivity index (χ1v) is 5.63. The summed E-state index contributed by atoms with van der Waals surface area (Å²) in [5.74, 6) is -1.03. The Morgan fingerprint density at radius 2 is 2.00 bits per heavy atom. The van der Waals surface area contributed by atoms with Crippen LogP contribution in [0.25, 0.3) is 0 Å². The molecule has 16 heavy (non-hydrogen) atoms. The predicted octanol–water partition coefficient (Wildman–Crippen LogP) is 1.81. The van der Waals surface area contributed by atoms with Gasteiger partial charge < -0.3 is 10.6 Å². The SMILES string of the molecule is Fc1cc(F)cc(CNC2CCCNC2)c1. The van der Waals surface area contributed by atoms with Gasteiger partial charge in [-0.3, -0.25) is 0 Å². The summed E-state index contributed by atoms with van der Waals surface area (Å²) in [6.45, 7) is 2.51. The molecule has 4 heteroatoms. The zero-order valence-corrected chi connectivity index (χ0v) is 9.10. The van der Waals surface area contributed by atoms with Crippen LogP contribution in [-0.2, 0) is 6.54 Å². The molecule has 1 aliphatic rings. The van der Waals surface area contributed by atoms with Crippen LogP contribution in [0.4, 0.5) is 8.78 Å². The fraction of sp³-hybridized carbons (Fsp3) is 0.500. The summed E-state index contributed by atoms with van der Waals surface area (Å²) < 4.78 is 25.8. The number of hydrogen-bond donors (Lipinski definition) is 2. The highest BCUT2D eigenvalue weighted by Crippen LogP contribution is 2.09. The van der Waals surface area contributed by atoms with E-state index in [1.807, 2.05) is 0 Å². The van der Waals surface area contributed by atoms with Gasteiger partial charge in [0.2, 0.25) is 0 Å². The van der Waals surface area contributed by atoms with E-state index < -0.39 is 11.6 Å². The topological polar surface area (TPSA) is 24.1 Å². The normalized spacial score (nSPS) is 21.0. The molecule has 1 aromatic carbocycles. The largest absolute Gasteiger partial charge is 0.315 e. The van der Waals surface area contributed by atoms with Gasteiger partial charge in [0.05, 0.1) is 0 Å². The molecule has 1 atom stereocenters. The number of benzene rings is 1. The maximum atomic E-state index is 12.9. The average molecular weight is 226 g/mol.